The summed E-state index contributed by atoms with van der Waals surface area (Å²) in [6.07, 6.45) is -3.79. The highest BCUT2D eigenvalue weighted by atomic mass is 35.5. The maximum atomic E-state index is 13.4. The summed E-state index contributed by atoms with van der Waals surface area (Å²) < 4.78 is 67.1. The summed E-state index contributed by atoms with van der Waals surface area (Å²) in [4.78, 5) is 22.5. The van der Waals surface area contributed by atoms with E-state index in [1.165, 1.54) is 48.5 Å². The van der Waals surface area contributed by atoms with Gasteiger partial charge in [-0.15, -0.1) is 0 Å². The Morgan fingerprint density at radius 2 is 1.78 bits per heavy atom. The second-order valence-electron chi connectivity index (χ2n) is 7.13. The molecule has 0 spiro atoms. The zero-order valence-electron chi connectivity index (χ0n) is 18.0. The van der Waals surface area contributed by atoms with E-state index >= 15 is 0 Å². The number of carbonyl (C=O) groups is 1. The van der Waals surface area contributed by atoms with Crippen LogP contribution in [0.3, 0.4) is 0 Å². The molecule has 0 atom stereocenters. The first-order valence-corrected chi connectivity index (χ1v) is 11.7. The fourth-order valence-electron chi connectivity index (χ4n) is 2.98. The van der Waals surface area contributed by atoms with Gasteiger partial charge in [-0.25, -0.2) is 13.8 Å². The topological polar surface area (TPSA) is 122 Å². The van der Waals surface area contributed by atoms with Gasteiger partial charge >= 0.3 is 6.18 Å². The number of sulfonamides is 1. The van der Waals surface area contributed by atoms with Crippen molar-refractivity contribution in [2.45, 2.75) is 11.1 Å². The van der Waals surface area contributed by atoms with Gasteiger partial charge in [-0.1, -0.05) is 41.9 Å². The molecule has 0 saturated carbocycles. The minimum absolute atomic E-state index is 0.214. The SMILES string of the molecule is O=C(CN(c1ccc(Cl)c(C(F)(F)F)c1)S(=O)(=O)c1ccccc1)N/N=C\c1cccc([N+](=O)[O-])c1. The van der Waals surface area contributed by atoms with Crippen molar-refractivity contribution in [1.82, 2.24) is 5.43 Å². The first-order valence-electron chi connectivity index (χ1n) is 9.90. The third kappa shape index (κ3) is 6.37. The molecular weight excluding hydrogens is 525 g/mol. The largest absolute Gasteiger partial charge is 0.417 e. The van der Waals surface area contributed by atoms with Gasteiger partial charge in [0, 0.05) is 17.7 Å². The number of anilines is 1. The number of non-ortho nitro benzene ring substituents is 1. The Bertz CT molecular complexity index is 1420. The predicted octanol–water partition coefficient (Wildman–Crippen LogP) is 4.61. The molecule has 0 unspecified atom stereocenters. The number of nitro benzene ring substituents is 1. The maximum Gasteiger partial charge on any atom is 0.417 e. The molecule has 0 heterocycles. The van der Waals surface area contributed by atoms with Crippen molar-refractivity contribution < 1.29 is 31.3 Å². The Hall–Kier alpha value is -3.97. The van der Waals surface area contributed by atoms with Crippen LogP contribution in [-0.2, 0) is 21.0 Å². The molecule has 9 nitrogen and oxygen atoms in total. The van der Waals surface area contributed by atoms with Crippen LogP contribution in [0.25, 0.3) is 0 Å². The van der Waals surface area contributed by atoms with Crippen molar-refractivity contribution in [3.63, 3.8) is 0 Å². The van der Waals surface area contributed by atoms with E-state index < -0.39 is 49.8 Å². The summed E-state index contributed by atoms with van der Waals surface area (Å²) in [5, 5.41) is 13.9. The number of halogens is 4. The minimum Gasteiger partial charge on any atom is -0.271 e. The first-order chi connectivity index (χ1) is 16.9. The number of nitrogens with one attached hydrogen (secondary N) is 1. The molecular formula is C22H16ClF3N4O5S. The first kappa shape index (κ1) is 26.6. The van der Waals surface area contributed by atoms with E-state index in [0.29, 0.717) is 10.4 Å². The fraction of sp³-hybridized carbons (Fsp3) is 0.0909. The lowest BCUT2D eigenvalue weighted by Crippen LogP contribution is -2.39. The molecule has 3 rings (SSSR count). The predicted molar refractivity (Wildman–Crippen MR) is 126 cm³/mol. The summed E-state index contributed by atoms with van der Waals surface area (Å²) in [6, 6.07) is 14.6. The number of nitro groups is 1. The van der Waals surface area contributed by atoms with Gasteiger partial charge < -0.3 is 0 Å². The number of amides is 1. The monoisotopic (exact) mass is 540 g/mol. The van der Waals surface area contributed by atoms with Gasteiger partial charge in [0.15, 0.2) is 0 Å². The molecule has 188 valence electrons. The number of benzene rings is 3. The Kier molecular flexibility index (Phi) is 7.95. The van der Waals surface area contributed by atoms with Crippen LogP contribution in [0.4, 0.5) is 24.5 Å². The molecule has 14 heteroatoms. The zero-order chi connectivity index (χ0) is 26.5. The maximum absolute atomic E-state index is 13.4. The highest BCUT2D eigenvalue weighted by Gasteiger charge is 2.35. The summed E-state index contributed by atoms with van der Waals surface area (Å²) in [6.45, 7) is -0.928. The lowest BCUT2D eigenvalue weighted by atomic mass is 10.2. The molecule has 3 aromatic rings. The van der Waals surface area contributed by atoms with Crippen molar-refractivity contribution in [3.05, 3.63) is 99.1 Å². The lowest BCUT2D eigenvalue weighted by molar-refractivity contribution is -0.384. The molecule has 0 radical (unpaired) electrons. The van der Waals surface area contributed by atoms with Crippen LogP contribution in [-0.4, -0.2) is 32.0 Å². The van der Waals surface area contributed by atoms with Gasteiger partial charge in [-0.3, -0.25) is 19.2 Å². The van der Waals surface area contributed by atoms with Crippen LogP contribution < -0.4 is 9.73 Å². The summed E-state index contributed by atoms with van der Waals surface area (Å²) in [5.74, 6) is -0.986. The number of hydrogen-bond acceptors (Lipinski definition) is 6. The van der Waals surface area contributed by atoms with E-state index in [2.05, 4.69) is 10.5 Å². The molecule has 3 aromatic carbocycles. The summed E-state index contributed by atoms with van der Waals surface area (Å²) in [7, 11) is -4.48. The van der Waals surface area contributed by atoms with Crippen LogP contribution in [0.1, 0.15) is 11.1 Å². The molecule has 0 aliphatic heterocycles. The molecule has 0 saturated heterocycles. The van der Waals surface area contributed by atoms with Crippen molar-refractivity contribution >= 4 is 45.1 Å². The fourth-order valence-corrected chi connectivity index (χ4v) is 4.64. The van der Waals surface area contributed by atoms with Crippen LogP contribution in [0.5, 0.6) is 0 Å². The van der Waals surface area contributed by atoms with Crippen LogP contribution in [0.2, 0.25) is 5.02 Å². The molecule has 36 heavy (non-hydrogen) atoms. The average Bonchev–Trinajstić information content (AvgIpc) is 2.83. The highest BCUT2D eigenvalue weighted by molar-refractivity contribution is 7.92. The minimum atomic E-state index is -4.87. The quantitative estimate of drug-likeness (QED) is 0.254. The number of nitrogens with zero attached hydrogens (tertiary/aromatic N) is 3. The van der Waals surface area contributed by atoms with Gasteiger partial charge in [-0.2, -0.15) is 18.3 Å². The third-order valence-electron chi connectivity index (χ3n) is 4.65. The number of rotatable bonds is 8. The van der Waals surface area contributed by atoms with Gasteiger partial charge in [0.25, 0.3) is 21.6 Å². The second-order valence-corrected chi connectivity index (χ2v) is 9.40. The van der Waals surface area contributed by atoms with Crippen LogP contribution in [0, 0.1) is 10.1 Å². The lowest BCUT2D eigenvalue weighted by Gasteiger charge is -2.24. The van der Waals surface area contributed by atoms with E-state index in [0.717, 1.165) is 18.3 Å². The van der Waals surface area contributed by atoms with Gasteiger partial charge in [-0.05, 0) is 30.3 Å². The van der Waals surface area contributed by atoms with E-state index in [-0.39, 0.29) is 16.1 Å². The Morgan fingerprint density at radius 1 is 1.08 bits per heavy atom. The second kappa shape index (κ2) is 10.7. The van der Waals surface area contributed by atoms with E-state index in [4.69, 9.17) is 11.6 Å². The molecule has 0 fully saturated rings. The number of carbonyl (C=O) groups excluding carboxylic acids is 1. The molecule has 1 amide bonds. The smallest absolute Gasteiger partial charge is 0.271 e. The molecule has 0 aliphatic rings. The normalized spacial score (nSPS) is 11.9. The Labute approximate surface area is 208 Å². The molecule has 0 bridgehead atoms. The highest BCUT2D eigenvalue weighted by Crippen LogP contribution is 2.38. The third-order valence-corrected chi connectivity index (χ3v) is 6.76. The van der Waals surface area contributed by atoms with E-state index in [1.54, 1.807) is 6.07 Å². The van der Waals surface area contributed by atoms with Crippen molar-refractivity contribution in [2.75, 3.05) is 10.8 Å². The van der Waals surface area contributed by atoms with E-state index in [9.17, 15) is 36.5 Å². The Balaban J connectivity index is 1.92. The van der Waals surface area contributed by atoms with Crippen molar-refractivity contribution in [1.29, 1.82) is 0 Å². The van der Waals surface area contributed by atoms with Gasteiger partial charge in [0.1, 0.15) is 6.54 Å². The van der Waals surface area contributed by atoms with Gasteiger partial charge in [0.05, 0.1) is 32.3 Å². The Morgan fingerprint density at radius 3 is 2.42 bits per heavy atom. The summed E-state index contributed by atoms with van der Waals surface area (Å²) in [5.41, 5.74) is 0.392. The number of alkyl halides is 3. The molecule has 0 aliphatic carbocycles. The molecule has 0 aromatic heterocycles. The van der Waals surface area contributed by atoms with Crippen LogP contribution >= 0.6 is 11.6 Å². The van der Waals surface area contributed by atoms with E-state index in [1.807, 2.05) is 0 Å². The zero-order valence-corrected chi connectivity index (χ0v) is 19.6. The standard InChI is InChI=1S/C22H16ClF3N4O5S/c23-20-10-9-16(12-19(20)22(24,25)26)29(36(34,35)18-7-2-1-3-8-18)14-21(31)28-27-13-15-5-4-6-17(11-15)30(32)33/h1-13H,14H2,(H,28,31)/b27-13-. The van der Waals surface area contributed by atoms with Gasteiger partial charge in [0.2, 0.25) is 0 Å². The molecule has 1 N–H and O–H groups in total. The number of hydrazone groups is 1. The van der Waals surface area contributed by atoms with Crippen molar-refractivity contribution in [2.24, 2.45) is 5.10 Å². The number of hydrogen-bond donors (Lipinski definition) is 1. The van der Waals surface area contributed by atoms with Crippen molar-refractivity contribution in [3.8, 4) is 0 Å². The average molecular weight is 541 g/mol. The van der Waals surface area contributed by atoms with Crippen LogP contribution in [0.15, 0.2) is 82.8 Å². The summed E-state index contributed by atoms with van der Waals surface area (Å²) >= 11 is 5.65.